The van der Waals surface area contributed by atoms with E-state index in [9.17, 15) is 8.42 Å². The monoisotopic (exact) mass is 434 g/mol. The zero-order valence-corrected chi connectivity index (χ0v) is 18.0. The Kier molecular flexibility index (Phi) is 5.73. The number of hydrogen-bond donors (Lipinski definition) is 1. The molecule has 0 spiro atoms. The number of rotatable bonds is 7. The van der Waals surface area contributed by atoms with Crippen LogP contribution in [0.2, 0.25) is 0 Å². The topological polar surface area (TPSA) is 88.3 Å². The van der Waals surface area contributed by atoms with Gasteiger partial charge in [-0.2, -0.15) is 4.98 Å². The molecule has 4 rings (SSSR count). The number of nitrogens with zero attached hydrogens (tertiary/aromatic N) is 3. The lowest BCUT2D eigenvalue weighted by atomic mass is 10.1. The first kappa shape index (κ1) is 20.6. The number of para-hydroxylation sites is 1. The molecule has 0 amide bonds. The smallest absolute Gasteiger partial charge is 0.264 e. The van der Waals surface area contributed by atoms with Crippen LogP contribution in [0, 0.1) is 6.92 Å². The van der Waals surface area contributed by atoms with Gasteiger partial charge in [-0.05, 0) is 37.3 Å². The number of sulfonamides is 1. The van der Waals surface area contributed by atoms with E-state index in [1.165, 1.54) is 11.4 Å². The van der Waals surface area contributed by atoms with Crippen molar-refractivity contribution in [1.29, 1.82) is 0 Å². The minimum Gasteiger partial charge on any atom is -0.376 e. The largest absolute Gasteiger partial charge is 0.376 e. The highest BCUT2D eigenvalue weighted by Crippen LogP contribution is 2.24. The van der Waals surface area contributed by atoms with Crippen LogP contribution in [0.25, 0.3) is 11.4 Å². The molecule has 8 heteroatoms. The standard InChI is InChI=1S/C23H22N4O3S/c1-17-11-13-18(14-12-17)23-25-22(30-26-23)16-24-19-7-6-10-21(15-19)31(28,29)27(2)20-8-4-3-5-9-20/h3-15,24H,16H2,1-2H3. The maximum Gasteiger partial charge on any atom is 0.264 e. The van der Waals surface area contributed by atoms with Crippen molar-refractivity contribution < 1.29 is 12.9 Å². The van der Waals surface area contributed by atoms with Crippen LogP contribution in [0.15, 0.2) is 88.3 Å². The number of hydrogen-bond acceptors (Lipinski definition) is 6. The molecule has 0 radical (unpaired) electrons. The highest BCUT2D eigenvalue weighted by atomic mass is 32.2. The van der Waals surface area contributed by atoms with Crippen LogP contribution in [0.5, 0.6) is 0 Å². The third-order valence-electron chi connectivity index (χ3n) is 4.83. The van der Waals surface area contributed by atoms with Gasteiger partial charge in [0.2, 0.25) is 11.7 Å². The first-order chi connectivity index (χ1) is 14.9. The van der Waals surface area contributed by atoms with E-state index in [0.717, 1.165) is 11.1 Å². The molecule has 0 aliphatic heterocycles. The summed E-state index contributed by atoms with van der Waals surface area (Å²) in [6, 6.07) is 23.4. The second-order valence-corrected chi connectivity index (χ2v) is 9.04. The highest BCUT2D eigenvalue weighted by Gasteiger charge is 2.21. The summed E-state index contributed by atoms with van der Waals surface area (Å²) in [6.45, 7) is 2.29. The van der Waals surface area contributed by atoms with E-state index in [2.05, 4.69) is 15.5 Å². The second kappa shape index (κ2) is 8.61. The number of nitrogens with one attached hydrogen (secondary N) is 1. The van der Waals surface area contributed by atoms with Crippen molar-refractivity contribution in [2.45, 2.75) is 18.4 Å². The van der Waals surface area contributed by atoms with Gasteiger partial charge in [-0.15, -0.1) is 0 Å². The molecule has 0 saturated heterocycles. The zero-order chi connectivity index (χ0) is 21.8. The number of anilines is 2. The van der Waals surface area contributed by atoms with Crippen molar-refractivity contribution in [3.63, 3.8) is 0 Å². The highest BCUT2D eigenvalue weighted by molar-refractivity contribution is 7.92. The van der Waals surface area contributed by atoms with E-state index < -0.39 is 10.0 Å². The fourth-order valence-electron chi connectivity index (χ4n) is 3.03. The van der Waals surface area contributed by atoms with Gasteiger partial charge >= 0.3 is 0 Å². The molecule has 1 aromatic heterocycles. The summed E-state index contributed by atoms with van der Waals surface area (Å²) in [5.41, 5.74) is 3.26. The molecule has 1 N–H and O–H groups in total. The molecule has 31 heavy (non-hydrogen) atoms. The molecular weight excluding hydrogens is 412 g/mol. The fraction of sp³-hybridized carbons (Fsp3) is 0.130. The Morgan fingerprint density at radius 3 is 2.45 bits per heavy atom. The van der Waals surface area contributed by atoms with Crippen LogP contribution in [0.4, 0.5) is 11.4 Å². The number of benzene rings is 3. The number of aryl methyl sites for hydroxylation is 1. The molecule has 0 atom stereocenters. The van der Waals surface area contributed by atoms with Crippen molar-refractivity contribution in [1.82, 2.24) is 10.1 Å². The van der Waals surface area contributed by atoms with Gasteiger partial charge in [0, 0.05) is 18.3 Å². The summed E-state index contributed by atoms with van der Waals surface area (Å²) >= 11 is 0. The normalized spacial score (nSPS) is 11.3. The van der Waals surface area contributed by atoms with E-state index in [-0.39, 0.29) is 11.4 Å². The lowest BCUT2D eigenvalue weighted by molar-refractivity contribution is 0.384. The van der Waals surface area contributed by atoms with Crippen LogP contribution in [0.1, 0.15) is 11.5 Å². The molecule has 1 heterocycles. The summed E-state index contributed by atoms with van der Waals surface area (Å²) in [4.78, 5) is 4.59. The summed E-state index contributed by atoms with van der Waals surface area (Å²) in [5.74, 6) is 0.919. The van der Waals surface area contributed by atoms with Gasteiger partial charge in [0.25, 0.3) is 10.0 Å². The van der Waals surface area contributed by atoms with Crippen molar-refractivity contribution in [2.75, 3.05) is 16.7 Å². The van der Waals surface area contributed by atoms with Crippen LogP contribution < -0.4 is 9.62 Å². The van der Waals surface area contributed by atoms with Crippen LogP contribution >= 0.6 is 0 Å². The molecule has 0 fully saturated rings. The van der Waals surface area contributed by atoms with Crippen molar-refractivity contribution in [3.8, 4) is 11.4 Å². The minimum absolute atomic E-state index is 0.190. The third-order valence-corrected chi connectivity index (χ3v) is 6.62. The summed E-state index contributed by atoms with van der Waals surface area (Å²) in [6.07, 6.45) is 0. The van der Waals surface area contributed by atoms with Crippen LogP contribution in [-0.4, -0.2) is 25.6 Å². The van der Waals surface area contributed by atoms with E-state index in [4.69, 9.17) is 4.52 Å². The minimum atomic E-state index is -3.69. The van der Waals surface area contributed by atoms with Gasteiger partial charge in [-0.25, -0.2) is 8.42 Å². The van der Waals surface area contributed by atoms with Gasteiger partial charge in [0.05, 0.1) is 17.1 Å². The van der Waals surface area contributed by atoms with Crippen LogP contribution in [-0.2, 0) is 16.6 Å². The molecule has 0 bridgehead atoms. The Morgan fingerprint density at radius 1 is 0.968 bits per heavy atom. The summed E-state index contributed by atoms with van der Waals surface area (Å²) in [5, 5.41) is 7.16. The molecule has 0 aliphatic carbocycles. The SMILES string of the molecule is Cc1ccc(-c2noc(CNc3cccc(S(=O)(=O)N(C)c4ccccc4)c3)n2)cc1. The lowest BCUT2D eigenvalue weighted by Crippen LogP contribution is -2.26. The molecule has 158 valence electrons. The number of aromatic nitrogens is 2. The molecule has 4 aromatic rings. The molecular formula is C23H22N4O3S. The van der Waals surface area contributed by atoms with Crippen molar-refractivity contribution in [3.05, 3.63) is 90.3 Å². The van der Waals surface area contributed by atoms with Gasteiger partial charge in [0.15, 0.2) is 0 Å². The average Bonchev–Trinajstić information content (AvgIpc) is 3.27. The van der Waals surface area contributed by atoms with Gasteiger partial charge in [-0.1, -0.05) is 59.3 Å². The summed E-state index contributed by atoms with van der Waals surface area (Å²) in [7, 11) is -2.15. The maximum absolute atomic E-state index is 13.0. The summed E-state index contributed by atoms with van der Waals surface area (Å²) < 4.78 is 32.6. The Labute approximate surface area is 181 Å². The predicted molar refractivity (Wildman–Crippen MR) is 120 cm³/mol. The molecule has 0 aliphatic rings. The molecule has 7 nitrogen and oxygen atoms in total. The van der Waals surface area contributed by atoms with E-state index in [1.54, 1.807) is 48.5 Å². The van der Waals surface area contributed by atoms with Gasteiger partial charge < -0.3 is 9.84 Å². The Hall–Kier alpha value is -3.65. The Balaban J connectivity index is 1.47. The second-order valence-electron chi connectivity index (χ2n) is 7.07. The Bertz CT molecular complexity index is 1270. The van der Waals surface area contributed by atoms with Gasteiger partial charge in [-0.3, -0.25) is 4.31 Å². The van der Waals surface area contributed by atoms with E-state index in [1.807, 2.05) is 37.3 Å². The van der Waals surface area contributed by atoms with Gasteiger partial charge in [0.1, 0.15) is 0 Å². The Morgan fingerprint density at radius 2 is 1.71 bits per heavy atom. The maximum atomic E-state index is 13.0. The first-order valence-corrected chi connectivity index (χ1v) is 11.1. The van der Waals surface area contributed by atoms with E-state index in [0.29, 0.717) is 23.1 Å². The lowest BCUT2D eigenvalue weighted by Gasteiger charge is -2.19. The van der Waals surface area contributed by atoms with Crippen LogP contribution in [0.3, 0.4) is 0 Å². The molecule has 0 unspecified atom stereocenters. The fourth-order valence-corrected chi connectivity index (χ4v) is 4.27. The quantitative estimate of drug-likeness (QED) is 0.461. The van der Waals surface area contributed by atoms with Crippen molar-refractivity contribution >= 4 is 21.4 Å². The van der Waals surface area contributed by atoms with Crippen molar-refractivity contribution in [2.24, 2.45) is 0 Å². The predicted octanol–water partition coefficient (Wildman–Crippen LogP) is 4.48. The third kappa shape index (κ3) is 4.59. The molecule has 3 aromatic carbocycles. The average molecular weight is 435 g/mol. The van der Waals surface area contributed by atoms with E-state index >= 15 is 0 Å². The zero-order valence-electron chi connectivity index (χ0n) is 17.2. The first-order valence-electron chi connectivity index (χ1n) is 9.71. The molecule has 0 saturated carbocycles.